The van der Waals surface area contributed by atoms with Crippen molar-refractivity contribution < 1.29 is 14.3 Å². The quantitative estimate of drug-likeness (QED) is 0.636. The van der Waals surface area contributed by atoms with E-state index in [4.69, 9.17) is 9.47 Å². The minimum Gasteiger partial charge on any atom is -0.491 e. The number of rotatable bonds is 3. The van der Waals surface area contributed by atoms with E-state index in [9.17, 15) is 4.79 Å². The zero-order valence-corrected chi connectivity index (χ0v) is 16.0. The minimum absolute atomic E-state index is 0.108. The van der Waals surface area contributed by atoms with Gasteiger partial charge in [0.2, 0.25) is 0 Å². The van der Waals surface area contributed by atoms with Gasteiger partial charge < -0.3 is 25.0 Å². The first kappa shape index (κ1) is 17.8. The van der Waals surface area contributed by atoms with E-state index in [0.717, 1.165) is 53.1 Å². The molecule has 1 saturated heterocycles. The molecule has 8 heteroatoms. The van der Waals surface area contributed by atoms with Crippen LogP contribution in [-0.2, 0) is 4.74 Å². The number of aromatic nitrogens is 2. The zero-order valence-electron chi connectivity index (χ0n) is 16.0. The van der Waals surface area contributed by atoms with Crippen LogP contribution in [0.3, 0.4) is 0 Å². The largest absolute Gasteiger partial charge is 0.491 e. The summed E-state index contributed by atoms with van der Waals surface area (Å²) < 4.78 is 11.5. The van der Waals surface area contributed by atoms with Gasteiger partial charge in [-0.15, -0.1) is 0 Å². The Balaban J connectivity index is 1.35. The second-order valence-electron chi connectivity index (χ2n) is 7.22. The number of ether oxygens (including phenoxy) is 2. The van der Waals surface area contributed by atoms with Crippen molar-refractivity contribution in [3.63, 3.8) is 0 Å². The van der Waals surface area contributed by atoms with E-state index in [1.54, 1.807) is 6.20 Å². The minimum atomic E-state index is -0.242. The Bertz CT molecular complexity index is 1030. The molecule has 29 heavy (non-hydrogen) atoms. The maximum Gasteiger partial charge on any atom is 0.319 e. The number of hydrogen-bond acceptors (Lipinski definition) is 5. The smallest absolute Gasteiger partial charge is 0.319 e. The summed E-state index contributed by atoms with van der Waals surface area (Å²) in [5.74, 6) is 0.864. The molecule has 3 aromatic rings. The normalized spacial score (nSPS) is 18.8. The average Bonchev–Trinajstić information content (AvgIpc) is 3.24. The Hall–Kier alpha value is -3.26. The SMILES string of the molecule is O=C(Nc1cccc2[nH]ncc12)NC1CCOc2c1cccc2N1CCOCC1. The fraction of sp³-hybridized carbons (Fsp3) is 0.333. The van der Waals surface area contributed by atoms with E-state index in [2.05, 4.69) is 31.8 Å². The Morgan fingerprint density at radius 3 is 2.90 bits per heavy atom. The molecule has 0 bridgehead atoms. The first-order chi connectivity index (χ1) is 14.3. The van der Waals surface area contributed by atoms with Crippen LogP contribution < -0.4 is 20.3 Å². The molecule has 0 spiro atoms. The molecule has 1 unspecified atom stereocenters. The van der Waals surface area contributed by atoms with Crippen LogP contribution in [0, 0.1) is 0 Å². The summed E-state index contributed by atoms with van der Waals surface area (Å²) in [6, 6.07) is 11.5. The predicted octanol–water partition coefficient (Wildman–Crippen LogP) is 3.04. The lowest BCUT2D eigenvalue weighted by atomic mass is 9.99. The van der Waals surface area contributed by atoms with Crippen molar-refractivity contribution in [1.82, 2.24) is 15.5 Å². The van der Waals surface area contributed by atoms with Gasteiger partial charge in [0.25, 0.3) is 0 Å². The van der Waals surface area contributed by atoms with Crippen LogP contribution in [0.5, 0.6) is 5.75 Å². The molecule has 2 aliphatic heterocycles. The third-order valence-electron chi connectivity index (χ3n) is 5.44. The van der Waals surface area contributed by atoms with Crippen LogP contribution in [0.25, 0.3) is 10.9 Å². The molecule has 1 fully saturated rings. The van der Waals surface area contributed by atoms with Gasteiger partial charge in [0.1, 0.15) is 5.75 Å². The Morgan fingerprint density at radius 2 is 2.00 bits per heavy atom. The van der Waals surface area contributed by atoms with Crippen molar-refractivity contribution in [2.24, 2.45) is 0 Å². The third kappa shape index (κ3) is 3.47. The number of aromatic amines is 1. The standard InChI is InChI=1S/C21H23N5O3/c27-21(23-16-4-2-5-18-15(16)13-22-25-18)24-17-7-10-29-20-14(17)3-1-6-19(20)26-8-11-28-12-9-26/h1-6,13,17H,7-12H2,(H,22,25)(H2,23,24,27). The molecule has 1 aromatic heterocycles. The average molecular weight is 393 g/mol. The number of H-pyrrole nitrogens is 1. The molecule has 3 N–H and O–H groups in total. The molecule has 0 saturated carbocycles. The molecule has 1 atom stereocenters. The number of carbonyl (C=O) groups excluding carboxylic acids is 1. The third-order valence-corrected chi connectivity index (χ3v) is 5.44. The number of amides is 2. The molecule has 2 amide bonds. The number of para-hydroxylation sites is 1. The van der Waals surface area contributed by atoms with Crippen molar-refractivity contribution in [1.29, 1.82) is 0 Å². The number of nitrogens with one attached hydrogen (secondary N) is 3. The number of benzene rings is 2. The topological polar surface area (TPSA) is 91.5 Å². The zero-order chi connectivity index (χ0) is 19.6. The summed E-state index contributed by atoms with van der Waals surface area (Å²) in [5.41, 5.74) is 3.69. The van der Waals surface area contributed by atoms with Crippen LogP contribution in [0.15, 0.2) is 42.6 Å². The van der Waals surface area contributed by atoms with Crippen molar-refractivity contribution in [3.8, 4) is 5.75 Å². The summed E-state index contributed by atoms with van der Waals surface area (Å²) in [4.78, 5) is 15.0. The summed E-state index contributed by atoms with van der Waals surface area (Å²) >= 11 is 0. The van der Waals surface area contributed by atoms with Crippen molar-refractivity contribution in [2.75, 3.05) is 43.1 Å². The van der Waals surface area contributed by atoms with E-state index in [1.807, 2.05) is 30.3 Å². The van der Waals surface area contributed by atoms with E-state index in [-0.39, 0.29) is 12.1 Å². The van der Waals surface area contributed by atoms with E-state index in [0.29, 0.717) is 19.8 Å². The van der Waals surface area contributed by atoms with Crippen molar-refractivity contribution in [3.05, 3.63) is 48.2 Å². The van der Waals surface area contributed by atoms with E-state index >= 15 is 0 Å². The number of urea groups is 1. The molecule has 3 heterocycles. The number of anilines is 2. The Kier molecular flexibility index (Phi) is 4.69. The molecule has 2 aliphatic rings. The second kappa shape index (κ2) is 7.63. The van der Waals surface area contributed by atoms with Crippen LogP contribution in [0.2, 0.25) is 0 Å². The van der Waals surface area contributed by atoms with E-state index in [1.165, 1.54) is 0 Å². The number of fused-ring (bicyclic) bond motifs is 2. The lowest BCUT2D eigenvalue weighted by Gasteiger charge is -2.34. The highest BCUT2D eigenvalue weighted by Crippen LogP contribution is 2.40. The van der Waals surface area contributed by atoms with Gasteiger partial charge in [-0.3, -0.25) is 5.10 Å². The summed E-state index contributed by atoms with van der Waals surface area (Å²) in [5, 5.41) is 13.9. The van der Waals surface area contributed by atoms with Crippen LogP contribution in [0.4, 0.5) is 16.2 Å². The van der Waals surface area contributed by atoms with Crippen LogP contribution in [0.1, 0.15) is 18.0 Å². The fourth-order valence-electron chi connectivity index (χ4n) is 4.01. The number of nitrogens with zero attached hydrogens (tertiary/aromatic N) is 2. The van der Waals surface area contributed by atoms with Gasteiger partial charge in [0.05, 0.1) is 49.0 Å². The first-order valence-electron chi connectivity index (χ1n) is 9.87. The summed E-state index contributed by atoms with van der Waals surface area (Å²) in [7, 11) is 0. The number of hydrogen-bond donors (Lipinski definition) is 3. The highest BCUT2D eigenvalue weighted by atomic mass is 16.5. The highest BCUT2D eigenvalue weighted by molar-refractivity contribution is 6.00. The summed E-state index contributed by atoms with van der Waals surface area (Å²) in [6.45, 7) is 3.68. The van der Waals surface area contributed by atoms with Gasteiger partial charge in [0.15, 0.2) is 0 Å². The lowest BCUT2D eigenvalue weighted by Crippen LogP contribution is -2.38. The summed E-state index contributed by atoms with van der Waals surface area (Å²) in [6.07, 6.45) is 2.44. The van der Waals surface area contributed by atoms with Crippen LogP contribution in [-0.4, -0.2) is 49.1 Å². The number of morpholine rings is 1. The monoisotopic (exact) mass is 393 g/mol. The fourth-order valence-corrected chi connectivity index (χ4v) is 4.01. The lowest BCUT2D eigenvalue weighted by molar-refractivity contribution is 0.122. The van der Waals surface area contributed by atoms with Crippen LogP contribution >= 0.6 is 0 Å². The van der Waals surface area contributed by atoms with Gasteiger partial charge >= 0.3 is 6.03 Å². The van der Waals surface area contributed by atoms with Gasteiger partial charge in [-0.05, 0) is 18.2 Å². The molecule has 150 valence electrons. The molecular formula is C21H23N5O3. The molecule has 5 rings (SSSR count). The molecule has 0 radical (unpaired) electrons. The van der Waals surface area contributed by atoms with Gasteiger partial charge in [0, 0.05) is 30.5 Å². The van der Waals surface area contributed by atoms with Gasteiger partial charge in [-0.25, -0.2) is 4.79 Å². The maximum absolute atomic E-state index is 12.7. The molecule has 2 aromatic carbocycles. The number of carbonyl (C=O) groups is 1. The predicted molar refractivity (Wildman–Crippen MR) is 111 cm³/mol. The molecule has 0 aliphatic carbocycles. The van der Waals surface area contributed by atoms with E-state index < -0.39 is 0 Å². The van der Waals surface area contributed by atoms with Crippen molar-refractivity contribution in [2.45, 2.75) is 12.5 Å². The van der Waals surface area contributed by atoms with Gasteiger partial charge in [-0.2, -0.15) is 5.10 Å². The second-order valence-corrected chi connectivity index (χ2v) is 7.22. The maximum atomic E-state index is 12.7. The van der Waals surface area contributed by atoms with Crippen molar-refractivity contribution >= 4 is 28.3 Å². The molecule has 8 nitrogen and oxygen atoms in total. The molecular weight excluding hydrogens is 370 g/mol. The Labute approximate surface area is 168 Å². The van der Waals surface area contributed by atoms with Gasteiger partial charge in [-0.1, -0.05) is 18.2 Å². The highest BCUT2D eigenvalue weighted by Gasteiger charge is 2.27. The first-order valence-corrected chi connectivity index (χ1v) is 9.87. The Morgan fingerprint density at radius 1 is 1.14 bits per heavy atom.